The first-order valence-electron chi connectivity index (χ1n) is 7.02. The van der Waals surface area contributed by atoms with Crippen LogP contribution in [0.1, 0.15) is 45.4 Å². The number of rotatable bonds is 7. The summed E-state index contributed by atoms with van der Waals surface area (Å²) in [4.78, 5) is 0. The maximum atomic E-state index is 5.83. The lowest BCUT2D eigenvalue weighted by molar-refractivity contribution is 0.244. The van der Waals surface area contributed by atoms with Crippen LogP contribution in [0.4, 0.5) is 0 Å². The highest BCUT2D eigenvalue weighted by atomic mass is 28.3. The van der Waals surface area contributed by atoms with Crippen molar-refractivity contribution in [3.05, 3.63) is 12.2 Å². The Balaban J connectivity index is 1.67. The molecule has 0 bridgehead atoms. The van der Waals surface area contributed by atoms with Gasteiger partial charge in [0, 0.05) is 0 Å². The van der Waals surface area contributed by atoms with Crippen LogP contribution in [-0.2, 0) is 8.85 Å². The fraction of sp³-hybridized carbons (Fsp3) is 0.786. The van der Waals surface area contributed by atoms with Crippen LogP contribution in [0.3, 0.4) is 0 Å². The lowest BCUT2D eigenvalue weighted by atomic mass is 10.1. The Kier molecular flexibility index (Phi) is 5.30. The Bertz CT molecular complexity index is 276. The zero-order valence-electron chi connectivity index (χ0n) is 10.9. The molecule has 0 atom stereocenters. The van der Waals surface area contributed by atoms with Crippen LogP contribution < -0.4 is 0 Å². The van der Waals surface area contributed by atoms with Gasteiger partial charge in [0.05, 0.1) is 13.2 Å². The molecule has 0 N–H and O–H groups in total. The van der Waals surface area contributed by atoms with Crippen LogP contribution in [0.25, 0.3) is 0 Å². The fourth-order valence-electron chi connectivity index (χ4n) is 2.26. The Hall–Kier alpha value is -0.573. The smallest absolute Gasteiger partial charge is 0.476 e. The molecule has 96 valence electrons. The molecule has 2 aliphatic rings. The van der Waals surface area contributed by atoms with Gasteiger partial charge in [-0.2, -0.15) is 0 Å². The van der Waals surface area contributed by atoms with Crippen molar-refractivity contribution in [2.24, 2.45) is 11.8 Å². The lowest BCUT2D eigenvalue weighted by Crippen LogP contribution is -2.17. The van der Waals surface area contributed by atoms with Gasteiger partial charge in [-0.1, -0.05) is 25.0 Å². The SMILES string of the molecule is CCO[Si](=CC1CC1)OCC=CC1CCCC1. The van der Waals surface area contributed by atoms with E-state index < -0.39 is 8.90 Å². The first-order valence-corrected chi connectivity index (χ1v) is 8.42. The second-order valence-corrected chi connectivity index (χ2v) is 6.59. The molecular weight excluding hydrogens is 228 g/mol. The van der Waals surface area contributed by atoms with Gasteiger partial charge >= 0.3 is 8.90 Å². The van der Waals surface area contributed by atoms with Crippen LogP contribution in [0.5, 0.6) is 0 Å². The maximum Gasteiger partial charge on any atom is 0.476 e. The van der Waals surface area contributed by atoms with Gasteiger partial charge in [-0.15, -0.1) is 0 Å². The Labute approximate surface area is 106 Å². The molecule has 2 rings (SSSR count). The number of hydrogen-bond donors (Lipinski definition) is 0. The summed E-state index contributed by atoms with van der Waals surface area (Å²) in [5.74, 6) is 1.60. The van der Waals surface area contributed by atoms with Crippen molar-refractivity contribution in [3.8, 4) is 0 Å². The third-order valence-electron chi connectivity index (χ3n) is 3.41. The van der Waals surface area contributed by atoms with E-state index in [1.54, 1.807) is 0 Å². The quantitative estimate of drug-likeness (QED) is 0.512. The molecule has 0 spiro atoms. The first kappa shape index (κ1) is 12.9. The maximum absolute atomic E-state index is 5.83. The molecule has 2 aliphatic carbocycles. The average molecular weight is 252 g/mol. The minimum atomic E-state index is -1.10. The van der Waals surface area contributed by atoms with E-state index in [1.165, 1.54) is 38.5 Å². The molecule has 0 aromatic rings. The van der Waals surface area contributed by atoms with Crippen LogP contribution in [-0.4, -0.2) is 27.8 Å². The van der Waals surface area contributed by atoms with Gasteiger partial charge < -0.3 is 8.85 Å². The average Bonchev–Trinajstić information content (AvgIpc) is 2.98. The summed E-state index contributed by atoms with van der Waals surface area (Å²) >= 11 is 0. The van der Waals surface area contributed by atoms with E-state index in [0.717, 1.165) is 25.0 Å². The number of hydrogen-bond acceptors (Lipinski definition) is 2. The van der Waals surface area contributed by atoms with Crippen LogP contribution in [0, 0.1) is 11.8 Å². The van der Waals surface area contributed by atoms with Crippen molar-refractivity contribution in [1.82, 2.24) is 0 Å². The van der Waals surface area contributed by atoms with Gasteiger partial charge in [0.25, 0.3) is 0 Å². The third kappa shape index (κ3) is 5.07. The Morgan fingerprint density at radius 2 is 1.82 bits per heavy atom. The monoisotopic (exact) mass is 252 g/mol. The minimum Gasteiger partial charge on any atom is -0.524 e. The second-order valence-electron chi connectivity index (χ2n) is 5.04. The molecule has 2 fully saturated rings. The third-order valence-corrected chi connectivity index (χ3v) is 5.18. The topological polar surface area (TPSA) is 18.5 Å². The van der Waals surface area contributed by atoms with E-state index in [2.05, 4.69) is 17.8 Å². The van der Waals surface area contributed by atoms with E-state index in [4.69, 9.17) is 8.85 Å². The normalized spacial score (nSPS) is 22.3. The zero-order chi connectivity index (χ0) is 11.9. The van der Waals surface area contributed by atoms with Gasteiger partial charge in [0.2, 0.25) is 0 Å². The highest BCUT2D eigenvalue weighted by Crippen LogP contribution is 2.26. The molecule has 0 aromatic heterocycles. The van der Waals surface area contributed by atoms with Crippen molar-refractivity contribution >= 4 is 14.6 Å². The summed E-state index contributed by atoms with van der Waals surface area (Å²) in [5.41, 5.74) is 2.32. The molecule has 0 saturated heterocycles. The van der Waals surface area contributed by atoms with Crippen molar-refractivity contribution in [2.75, 3.05) is 13.2 Å². The summed E-state index contributed by atoms with van der Waals surface area (Å²) < 4.78 is 11.5. The highest BCUT2D eigenvalue weighted by molar-refractivity contribution is 6.54. The van der Waals surface area contributed by atoms with Crippen molar-refractivity contribution in [2.45, 2.75) is 45.4 Å². The predicted octanol–water partition coefficient (Wildman–Crippen LogP) is 3.07. The predicted molar refractivity (Wildman–Crippen MR) is 73.2 cm³/mol. The Morgan fingerprint density at radius 1 is 1.06 bits per heavy atom. The molecule has 0 aromatic carbocycles. The standard InChI is InChI=1S/C14H24O2Si/c1-2-15-17(12-14-9-10-14)16-11-5-8-13-6-3-4-7-13/h5,8,12-14H,2-4,6-7,9-11H2,1H3. The van der Waals surface area contributed by atoms with Crippen molar-refractivity contribution in [3.63, 3.8) is 0 Å². The highest BCUT2D eigenvalue weighted by Gasteiger charge is 2.21. The summed E-state index contributed by atoms with van der Waals surface area (Å²) in [6.45, 7) is 3.54. The van der Waals surface area contributed by atoms with Crippen molar-refractivity contribution < 1.29 is 8.85 Å². The largest absolute Gasteiger partial charge is 0.524 e. The van der Waals surface area contributed by atoms with Crippen LogP contribution in [0.2, 0.25) is 0 Å². The van der Waals surface area contributed by atoms with Gasteiger partial charge in [-0.3, -0.25) is 0 Å². The van der Waals surface area contributed by atoms with Crippen molar-refractivity contribution in [1.29, 1.82) is 0 Å². The van der Waals surface area contributed by atoms with Crippen LogP contribution >= 0.6 is 0 Å². The lowest BCUT2D eigenvalue weighted by Gasteiger charge is -2.08. The molecule has 3 heteroatoms. The minimum absolute atomic E-state index is 0.730. The molecule has 0 unspecified atom stereocenters. The van der Waals surface area contributed by atoms with E-state index >= 15 is 0 Å². The molecular formula is C14H24O2Si. The molecule has 0 radical (unpaired) electrons. The van der Waals surface area contributed by atoms with Gasteiger partial charge in [-0.05, 0) is 50.1 Å². The molecule has 0 heterocycles. The second kappa shape index (κ2) is 6.99. The summed E-state index contributed by atoms with van der Waals surface area (Å²) in [7, 11) is -1.10. The fourth-order valence-corrected chi connectivity index (χ4v) is 3.80. The van der Waals surface area contributed by atoms with E-state index in [-0.39, 0.29) is 0 Å². The zero-order valence-corrected chi connectivity index (χ0v) is 11.9. The first-order chi connectivity index (χ1) is 8.38. The Morgan fingerprint density at radius 3 is 2.47 bits per heavy atom. The van der Waals surface area contributed by atoms with E-state index in [0.29, 0.717) is 0 Å². The molecule has 2 nitrogen and oxygen atoms in total. The van der Waals surface area contributed by atoms with Crippen LogP contribution in [0.15, 0.2) is 12.2 Å². The summed E-state index contributed by atoms with van der Waals surface area (Å²) in [6.07, 6.45) is 12.8. The molecule has 0 amide bonds. The van der Waals surface area contributed by atoms with E-state index in [1.807, 2.05) is 6.92 Å². The number of allylic oxidation sites excluding steroid dienone is 1. The van der Waals surface area contributed by atoms with Gasteiger partial charge in [0.15, 0.2) is 0 Å². The molecule has 0 aliphatic heterocycles. The molecule has 2 saturated carbocycles. The van der Waals surface area contributed by atoms with Gasteiger partial charge in [0.1, 0.15) is 0 Å². The molecule has 17 heavy (non-hydrogen) atoms. The van der Waals surface area contributed by atoms with E-state index in [9.17, 15) is 0 Å². The van der Waals surface area contributed by atoms with Gasteiger partial charge in [-0.25, -0.2) is 0 Å². The summed E-state index contributed by atoms with van der Waals surface area (Å²) in [6, 6.07) is 0. The summed E-state index contributed by atoms with van der Waals surface area (Å²) in [5, 5.41) is 0.